The zero-order valence-corrected chi connectivity index (χ0v) is 15.2. The van der Waals surface area contributed by atoms with E-state index >= 15 is 0 Å². The summed E-state index contributed by atoms with van der Waals surface area (Å²) in [5, 5.41) is 13.2. The van der Waals surface area contributed by atoms with E-state index in [-0.39, 0.29) is 12.1 Å². The van der Waals surface area contributed by atoms with Crippen LogP contribution >= 0.6 is 11.3 Å². The molecular weight excluding hydrogens is 320 g/mol. The van der Waals surface area contributed by atoms with Crippen molar-refractivity contribution in [2.75, 3.05) is 6.54 Å². The van der Waals surface area contributed by atoms with Crippen LogP contribution in [0.4, 0.5) is 4.79 Å². The molecular formula is C18H24N4OS. The lowest BCUT2D eigenvalue weighted by molar-refractivity contribution is 0.195. The first-order valence-electron chi connectivity index (χ1n) is 8.46. The molecule has 1 aromatic heterocycles. The van der Waals surface area contributed by atoms with Crippen molar-refractivity contribution in [2.45, 2.75) is 51.6 Å². The number of carbonyl (C=O) groups is 1. The Morgan fingerprint density at radius 1 is 1.33 bits per heavy atom. The van der Waals surface area contributed by atoms with Gasteiger partial charge in [-0.2, -0.15) is 0 Å². The molecule has 2 aromatic rings. The van der Waals surface area contributed by atoms with Crippen LogP contribution in [0.5, 0.6) is 0 Å². The molecule has 2 amide bonds. The summed E-state index contributed by atoms with van der Waals surface area (Å²) in [6.07, 6.45) is 1.01. The van der Waals surface area contributed by atoms with Crippen molar-refractivity contribution in [2.24, 2.45) is 0 Å². The Morgan fingerprint density at radius 2 is 2.08 bits per heavy atom. The summed E-state index contributed by atoms with van der Waals surface area (Å²) >= 11 is 1.57. The molecule has 6 heteroatoms. The Bertz CT molecular complexity index is 685. The Balaban J connectivity index is 1.56. The van der Waals surface area contributed by atoms with Crippen LogP contribution in [0.25, 0.3) is 0 Å². The summed E-state index contributed by atoms with van der Waals surface area (Å²) in [6.45, 7) is 7.52. The van der Waals surface area contributed by atoms with Gasteiger partial charge in [0.2, 0.25) is 0 Å². The average molecular weight is 344 g/mol. The van der Waals surface area contributed by atoms with Gasteiger partial charge < -0.3 is 10.2 Å². The quantitative estimate of drug-likeness (QED) is 0.919. The van der Waals surface area contributed by atoms with Crippen molar-refractivity contribution < 1.29 is 4.79 Å². The molecule has 1 N–H and O–H groups in total. The fourth-order valence-electron chi connectivity index (χ4n) is 3.10. The van der Waals surface area contributed by atoms with Crippen LogP contribution in [0.1, 0.15) is 54.6 Å². The number of hydrogen-bond donors (Lipinski definition) is 1. The molecule has 2 heterocycles. The Kier molecular flexibility index (Phi) is 5.14. The van der Waals surface area contributed by atoms with Gasteiger partial charge in [-0.15, -0.1) is 10.2 Å². The highest BCUT2D eigenvalue weighted by Crippen LogP contribution is 2.31. The van der Waals surface area contributed by atoms with Crippen molar-refractivity contribution in [3.63, 3.8) is 0 Å². The average Bonchev–Trinajstić information content (AvgIpc) is 3.20. The van der Waals surface area contributed by atoms with Crippen LogP contribution in [0.2, 0.25) is 0 Å². The van der Waals surface area contributed by atoms with Gasteiger partial charge in [0.15, 0.2) is 0 Å². The first kappa shape index (κ1) is 16.9. The van der Waals surface area contributed by atoms with Gasteiger partial charge in [-0.05, 0) is 18.9 Å². The summed E-state index contributed by atoms with van der Waals surface area (Å²) in [4.78, 5) is 14.5. The van der Waals surface area contributed by atoms with E-state index in [0.29, 0.717) is 18.4 Å². The lowest BCUT2D eigenvalue weighted by Crippen LogP contribution is -2.41. The van der Waals surface area contributed by atoms with Gasteiger partial charge in [0.25, 0.3) is 0 Å². The van der Waals surface area contributed by atoms with Gasteiger partial charge in [-0.25, -0.2) is 4.79 Å². The minimum absolute atomic E-state index is 0.0118. The fourth-order valence-corrected chi connectivity index (χ4v) is 3.89. The topological polar surface area (TPSA) is 58.1 Å². The summed E-state index contributed by atoms with van der Waals surface area (Å²) in [6, 6.07) is 10.7. The Labute approximate surface area is 147 Å². The molecule has 0 bridgehead atoms. The number of rotatable bonds is 4. The third-order valence-corrected chi connectivity index (χ3v) is 5.70. The van der Waals surface area contributed by atoms with E-state index < -0.39 is 0 Å². The van der Waals surface area contributed by atoms with Gasteiger partial charge in [0.1, 0.15) is 10.0 Å². The minimum atomic E-state index is -0.0118. The number of likely N-dealkylation sites (tertiary alicyclic amines) is 1. The molecule has 0 radical (unpaired) electrons. The molecule has 0 aliphatic carbocycles. The van der Waals surface area contributed by atoms with Crippen molar-refractivity contribution in [1.29, 1.82) is 0 Å². The monoisotopic (exact) mass is 344 g/mol. The van der Waals surface area contributed by atoms with E-state index in [9.17, 15) is 4.79 Å². The fraction of sp³-hybridized carbons (Fsp3) is 0.500. The molecule has 0 unspecified atom stereocenters. The molecule has 0 saturated carbocycles. The van der Waals surface area contributed by atoms with Crippen molar-refractivity contribution in [3.8, 4) is 0 Å². The van der Waals surface area contributed by atoms with Gasteiger partial charge in [-0.1, -0.05) is 55.5 Å². The van der Waals surface area contributed by atoms with Gasteiger partial charge in [0, 0.05) is 24.4 Å². The van der Waals surface area contributed by atoms with Gasteiger partial charge in [-0.3, -0.25) is 0 Å². The second-order valence-electron chi connectivity index (χ2n) is 6.69. The molecule has 2 atom stereocenters. The summed E-state index contributed by atoms with van der Waals surface area (Å²) < 4.78 is 0. The van der Waals surface area contributed by atoms with E-state index in [4.69, 9.17) is 0 Å². The van der Waals surface area contributed by atoms with Crippen molar-refractivity contribution in [3.05, 3.63) is 45.9 Å². The van der Waals surface area contributed by atoms with Gasteiger partial charge in [0.05, 0.1) is 6.54 Å². The van der Waals surface area contributed by atoms with E-state index in [2.05, 4.69) is 60.6 Å². The number of aromatic nitrogens is 2. The highest BCUT2D eigenvalue weighted by molar-refractivity contribution is 7.11. The summed E-state index contributed by atoms with van der Waals surface area (Å²) in [5.74, 6) is 0.790. The lowest BCUT2D eigenvalue weighted by Gasteiger charge is -2.21. The van der Waals surface area contributed by atoms with Crippen LogP contribution in [-0.2, 0) is 6.54 Å². The molecule has 1 aliphatic rings. The van der Waals surface area contributed by atoms with Gasteiger partial charge >= 0.3 is 6.03 Å². The summed E-state index contributed by atoms with van der Waals surface area (Å²) in [7, 11) is 0. The van der Waals surface area contributed by atoms with Crippen molar-refractivity contribution in [1.82, 2.24) is 20.4 Å². The second kappa shape index (κ2) is 7.30. The molecule has 1 saturated heterocycles. The number of amides is 2. The maximum Gasteiger partial charge on any atom is 0.318 e. The second-order valence-corrected chi connectivity index (χ2v) is 7.79. The van der Waals surface area contributed by atoms with Crippen LogP contribution in [0.3, 0.4) is 0 Å². The predicted octanol–water partition coefficient (Wildman–Crippen LogP) is 3.75. The smallest absolute Gasteiger partial charge is 0.318 e. The molecule has 1 fully saturated rings. The summed E-state index contributed by atoms with van der Waals surface area (Å²) in [5.41, 5.74) is 1.31. The highest BCUT2D eigenvalue weighted by atomic mass is 32.1. The Morgan fingerprint density at radius 3 is 2.75 bits per heavy atom. The molecule has 1 aliphatic heterocycles. The van der Waals surface area contributed by atoms with Crippen LogP contribution < -0.4 is 5.32 Å². The predicted molar refractivity (Wildman–Crippen MR) is 96.2 cm³/mol. The third-order valence-electron chi connectivity index (χ3n) is 4.47. The van der Waals surface area contributed by atoms with E-state index in [1.807, 2.05) is 11.0 Å². The molecule has 3 rings (SSSR count). The van der Waals surface area contributed by atoms with Crippen LogP contribution in [-0.4, -0.2) is 33.7 Å². The van der Waals surface area contributed by atoms with Crippen LogP contribution in [0, 0.1) is 0 Å². The number of benzene rings is 1. The SMILES string of the molecule is CC(C)c1nnc(CNC(=O)N2C[C@H](c3ccccc3)C[C@H]2C)s1. The number of carbonyl (C=O) groups excluding carboxylic acids is 1. The number of nitrogens with zero attached hydrogens (tertiary/aromatic N) is 3. The minimum Gasteiger partial charge on any atom is -0.331 e. The Hall–Kier alpha value is -1.95. The maximum absolute atomic E-state index is 12.5. The number of hydrogen-bond acceptors (Lipinski definition) is 4. The molecule has 24 heavy (non-hydrogen) atoms. The normalized spacial score (nSPS) is 20.6. The lowest BCUT2D eigenvalue weighted by atomic mass is 9.97. The standard InChI is InChI=1S/C18H24N4OS/c1-12(2)17-21-20-16(24-17)10-19-18(23)22-11-15(9-13(22)3)14-7-5-4-6-8-14/h4-8,12-13,15H,9-11H2,1-3H3,(H,19,23)/t13-,15-/m1/s1. The molecule has 1 aromatic carbocycles. The number of nitrogens with one attached hydrogen (secondary N) is 1. The first-order valence-corrected chi connectivity index (χ1v) is 9.28. The highest BCUT2D eigenvalue weighted by Gasteiger charge is 2.33. The molecule has 128 valence electrons. The maximum atomic E-state index is 12.5. The van der Waals surface area contributed by atoms with E-state index in [1.165, 1.54) is 5.56 Å². The first-order chi connectivity index (χ1) is 11.5. The third kappa shape index (κ3) is 3.75. The molecule has 0 spiro atoms. The van der Waals surface area contributed by atoms with E-state index in [1.54, 1.807) is 11.3 Å². The number of urea groups is 1. The molecule has 5 nitrogen and oxygen atoms in total. The largest absolute Gasteiger partial charge is 0.331 e. The van der Waals surface area contributed by atoms with Crippen molar-refractivity contribution >= 4 is 17.4 Å². The zero-order chi connectivity index (χ0) is 17.1. The van der Waals surface area contributed by atoms with E-state index in [0.717, 1.165) is 23.0 Å². The zero-order valence-electron chi connectivity index (χ0n) is 14.4. The van der Waals surface area contributed by atoms with Crippen LogP contribution in [0.15, 0.2) is 30.3 Å².